The van der Waals surface area contributed by atoms with Crippen molar-refractivity contribution in [2.75, 3.05) is 53.2 Å². The predicted molar refractivity (Wildman–Crippen MR) is 215 cm³/mol. The molecule has 60 heavy (non-hydrogen) atoms. The van der Waals surface area contributed by atoms with Crippen molar-refractivity contribution in [3.63, 3.8) is 0 Å². The Morgan fingerprint density at radius 3 is 1.80 bits per heavy atom. The predicted octanol–water partition coefficient (Wildman–Crippen LogP) is 8.31. The maximum absolute atomic E-state index is 12.4. The lowest BCUT2D eigenvalue weighted by atomic mass is 9.97. The van der Waals surface area contributed by atoms with Gasteiger partial charge in [-0.05, 0) is 84.9 Å². The largest absolute Gasteiger partial charge is 0.573 e. The van der Waals surface area contributed by atoms with Gasteiger partial charge in [0.05, 0.1) is 34.0 Å². The first kappa shape index (κ1) is 45.3. The zero-order chi connectivity index (χ0) is 43.7. The number of carbonyl (C=O) groups is 2. The van der Waals surface area contributed by atoms with E-state index in [4.69, 9.17) is 33.0 Å². The third kappa shape index (κ3) is 11.9. The molecule has 0 aliphatic carbocycles. The first-order valence-corrected chi connectivity index (χ1v) is 19.4. The van der Waals surface area contributed by atoms with Crippen LogP contribution in [0, 0.1) is 32.1 Å². The number of aliphatic carboxylic acids is 1. The van der Waals surface area contributed by atoms with Crippen molar-refractivity contribution in [2.45, 2.75) is 39.0 Å². The summed E-state index contributed by atoms with van der Waals surface area (Å²) in [6, 6.07) is 8.08. The van der Waals surface area contributed by atoms with Crippen molar-refractivity contribution < 1.29 is 47.2 Å². The van der Waals surface area contributed by atoms with Crippen LogP contribution in [0.15, 0.2) is 53.5 Å². The van der Waals surface area contributed by atoms with Gasteiger partial charge < -0.3 is 35.0 Å². The lowest BCUT2D eigenvalue weighted by molar-refractivity contribution is -0.383. The van der Waals surface area contributed by atoms with E-state index in [2.05, 4.69) is 51.2 Å². The highest BCUT2D eigenvalue weighted by molar-refractivity contribution is 9.10. The second kappa shape index (κ2) is 20.0. The number of halogens is 6. The van der Waals surface area contributed by atoms with E-state index in [1.165, 1.54) is 12.4 Å². The van der Waals surface area contributed by atoms with Crippen LogP contribution in [0.3, 0.4) is 0 Å². The summed E-state index contributed by atoms with van der Waals surface area (Å²) in [6.07, 6.45) is -0.789. The van der Waals surface area contributed by atoms with E-state index in [1.54, 1.807) is 34.9 Å². The third-order valence-corrected chi connectivity index (χ3v) is 10.2. The molecule has 0 amide bonds. The Morgan fingerprint density at radius 2 is 1.35 bits per heavy atom. The van der Waals surface area contributed by atoms with E-state index in [1.807, 2.05) is 0 Å². The molecule has 4 aromatic rings. The molecule has 0 radical (unpaired) electrons. The quantitative estimate of drug-likeness (QED) is 0.0687. The average molecular weight is 947 g/mol. The molecule has 0 saturated carbocycles. The maximum Gasteiger partial charge on any atom is 0.573 e. The van der Waals surface area contributed by atoms with Gasteiger partial charge in [-0.25, -0.2) is 19.9 Å². The minimum Gasteiger partial charge on any atom is -0.481 e. The fourth-order valence-electron chi connectivity index (χ4n) is 6.33. The van der Waals surface area contributed by atoms with E-state index >= 15 is 0 Å². The highest BCUT2D eigenvalue weighted by atomic mass is 79.9. The van der Waals surface area contributed by atoms with Gasteiger partial charge in [0, 0.05) is 46.4 Å². The number of alkyl halides is 3. The van der Waals surface area contributed by atoms with Crippen molar-refractivity contribution in [3.05, 3.63) is 83.8 Å². The minimum absolute atomic E-state index is 0.00342. The van der Waals surface area contributed by atoms with Crippen LogP contribution in [-0.4, -0.2) is 86.0 Å². The standard InChI is InChI=1S/C19H19BrF3N5O5.C16H15Cl2N5O4/c1-2-32-18(29)11-5-7-27(8-6-11)17-15(28(30)31)16(24-10-25-17)26-14-4-3-12(9-13(14)20)33-19(21,22)23;17-10-5-11(18)7-12(6-10)21-14-13(23(26)27)15(20-8-19-14)22-3-1-9(2-4-22)16(24)25/h3-4,9-11H,2,5-8H2,1H3,(H,24,25,26);5-9H,1-4H2,(H,24,25)(H,19,20,21). The first-order valence-electron chi connectivity index (χ1n) is 17.9. The Bertz CT molecular complexity index is 2210. The molecule has 25 heteroatoms. The van der Waals surface area contributed by atoms with Gasteiger partial charge in [-0.1, -0.05) is 23.2 Å². The number of esters is 1. The van der Waals surface area contributed by atoms with Crippen molar-refractivity contribution in [1.29, 1.82) is 0 Å². The Balaban J connectivity index is 0.000000232. The Kier molecular flexibility index (Phi) is 15.1. The average Bonchev–Trinajstić information content (AvgIpc) is 3.18. The van der Waals surface area contributed by atoms with E-state index in [9.17, 15) is 43.0 Å². The van der Waals surface area contributed by atoms with Crippen LogP contribution < -0.4 is 25.2 Å². The Hall–Kier alpha value is -5.81. The molecule has 320 valence electrons. The highest BCUT2D eigenvalue weighted by Crippen LogP contribution is 2.39. The molecule has 3 N–H and O–H groups in total. The molecule has 6 rings (SSSR count). The molecule has 2 aromatic carbocycles. The fourth-order valence-corrected chi connectivity index (χ4v) is 7.31. The number of nitrogens with one attached hydrogen (secondary N) is 2. The molecule has 2 saturated heterocycles. The third-order valence-electron chi connectivity index (χ3n) is 9.08. The van der Waals surface area contributed by atoms with Crippen LogP contribution >= 0.6 is 39.1 Å². The normalized spacial score (nSPS) is 14.7. The Morgan fingerprint density at radius 1 is 0.850 bits per heavy atom. The summed E-state index contributed by atoms with van der Waals surface area (Å²) in [7, 11) is 0. The van der Waals surface area contributed by atoms with Crippen LogP contribution in [0.1, 0.15) is 32.6 Å². The molecule has 0 atom stereocenters. The molecule has 4 heterocycles. The number of hydrogen-bond acceptors (Lipinski definition) is 16. The van der Waals surface area contributed by atoms with Gasteiger partial charge in [0.25, 0.3) is 0 Å². The van der Waals surface area contributed by atoms with E-state index in [0.717, 1.165) is 18.5 Å². The number of rotatable bonds is 12. The van der Waals surface area contributed by atoms with Gasteiger partial charge in [-0.2, -0.15) is 0 Å². The first-order chi connectivity index (χ1) is 28.4. The summed E-state index contributed by atoms with van der Waals surface area (Å²) in [5.41, 5.74) is 0.0000971. The van der Waals surface area contributed by atoms with Gasteiger partial charge in [0.15, 0.2) is 0 Å². The lowest BCUT2D eigenvalue weighted by Gasteiger charge is -2.31. The van der Waals surface area contributed by atoms with Crippen molar-refractivity contribution in [1.82, 2.24) is 19.9 Å². The number of carboxylic acid groups (broad SMARTS) is 1. The minimum atomic E-state index is -4.85. The summed E-state index contributed by atoms with van der Waals surface area (Å²) in [5, 5.41) is 39.0. The molecule has 0 spiro atoms. The van der Waals surface area contributed by atoms with Gasteiger partial charge in [0.2, 0.25) is 23.3 Å². The fraction of sp³-hybridized carbons (Fsp3) is 0.371. The Labute approximate surface area is 356 Å². The maximum atomic E-state index is 12.4. The SMILES string of the molecule is CCOC(=O)C1CCN(c2ncnc(Nc3ccc(OC(F)(F)F)cc3Br)c2[N+](=O)[O-])CC1.O=C(O)C1CCN(c2ncnc(Nc3cc(Cl)cc(Cl)c3)c2[N+](=O)[O-])CC1. The number of nitro groups is 2. The van der Waals surface area contributed by atoms with E-state index in [0.29, 0.717) is 67.6 Å². The van der Waals surface area contributed by atoms with Crippen molar-refractivity contribution in [3.8, 4) is 5.75 Å². The monoisotopic (exact) mass is 944 g/mol. The smallest absolute Gasteiger partial charge is 0.481 e. The summed E-state index contributed by atoms with van der Waals surface area (Å²) in [4.78, 5) is 64.9. The zero-order valence-electron chi connectivity index (χ0n) is 31.2. The topological polar surface area (TPSA) is 241 Å². The van der Waals surface area contributed by atoms with Crippen LogP contribution in [-0.2, 0) is 14.3 Å². The molecule has 19 nitrogen and oxygen atoms in total. The van der Waals surface area contributed by atoms with Crippen molar-refractivity contribution >= 4 is 97.1 Å². The molecular weight excluding hydrogens is 912 g/mol. The van der Waals surface area contributed by atoms with Gasteiger partial charge in [-0.15, -0.1) is 13.2 Å². The number of carbonyl (C=O) groups excluding carboxylic acids is 1. The van der Waals surface area contributed by atoms with Crippen LogP contribution in [0.2, 0.25) is 10.0 Å². The molecule has 0 unspecified atom stereocenters. The second-order valence-corrected chi connectivity index (χ2v) is 14.7. The molecule has 2 aliphatic heterocycles. The number of aromatic nitrogens is 4. The summed E-state index contributed by atoms with van der Waals surface area (Å²) >= 11 is 15.1. The van der Waals surface area contributed by atoms with Gasteiger partial charge in [0.1, 0.15) is 18.4 Å². The van der Waals surface area contributed by atoms with Crippen LogP contribution in [0.5, 0.6) is 5.75 Å². The molecule has 2 aliphatic rings. The highest BCUT2D eigenvalue weighted by Gasteiger charge is 2.35. The zero-order valence-corrected chi connectivity index (χ0v) is 34.3. The molecular formula is C35H34BrCl2F3N10O9. The number of nitrogens with zero attached hydrogens (tertiary/aromatic N) is 8. The van der Waals surface area contributed by atoms with Gasteiger partial charge in [-0.3, -0.25) is 29.8 Å². The molecule has 0 bridgehead atoms. The number of anilines is 6. The molecule has 2 fully saturated rings. The van der Waals surface area contributed by atoms with E-state index in [-0.39, 0.29) is 57.6 Å². The van der Waals surface area contributed by atoms with Gasteiger partial charge >= 0.3 is 29.7 Å². The summed E-state index contributed by atoms with van der Waals surface area (Å²) in [5.74, 6) is -2.25. The summed E-state index contributed by atoms with van der Waals surface area (Å²) < 4.78 is 46.3. The number of benzene rings is 2. The lowest BCUT2D eigenvalue weighted by Crippen LogP contribution is -2.37. The number of carboxylic acids is 1. The molecule has 2 aromatic heterocycles. The van der Waals surface area contributed by atoms with Crippen LogP contribution in [0.4, 0.5) is 59.2 Å². The number of piperidine rings is 2. The van der Waals surface area contributed by atoms with Crippen LogP contribution in [0.25, 0.3) is 0 Å². The van der Waals surface area contributed by atoms with E-state index < -0.39 is 39.5 Å². The number of hydrogen-bond donors (Lipinski definition) is 3. The van der Waals surface area contributed by atoms with Crippen molar-refractivity contribution in [2.24, 2.45) is 11.8 Å². The second-order valence-electron chi connectivity index (χ2n) is 13.0. The number of ether oxygens (including phenoxy) is 2. The summed E-state index contributed by atoms with van der Waals surface area (Å²) in [6.45, 7) is 3.43.